The van der Waals surface area contributed by atoms with Crippen LogP contribution >= 0.6 is 0 Å². The van der Waals surface area contributed by atoms with Crippen molar-refractivity contribution >= 4 is 28.5 Å². The summed E-state index contributed by atoms with van der Waals surface area (Å²) in [5.74, 6) is -2.39. The molecule has 0 aromatic heterocycles. The summed E-state index contributed by atoms with van der Waals surface area (Å²) >= 11 is 0. The van der Waals surface area contributed by atoms with Gasteiger partial charge in [0.05, 0.1) is 18.9 Å². The minimum atomic E-state index is -1.01. The number of benzene rings is 2. The molecule has 2 aliphatic rings. The maximum atomic E-state index is 12.9. The van der Waals surface area contributed by atoms with Crippen LogP contribution in [0.2, 0.25) is 0 Å². The summed E-state index contributed by atoms with van der Waals surface area (Å²) in [6.07, 6.45) is 1.23. The van der Waals surface area contributed by atoms with Crippen LogP contribution in [0, 0.1) is 11.8 Å². The highest BCUT2D eigenvalue weighted by Crippen LogP contribution is 2.44. The van der Waals surface area contributed by atoms with Crippen molar-refractivity contribution in [3.63, 3.8) is 0 Å². The Hall–Kier alpha value is -3.03. The first-order valence-electron chi connectivity index (χ1n) is 10.3. The van der Waals surface area contributed by atoms with Crippen molar-refractivity contribution < 1.29 is 28.6 Å². The average Bonchev–Trinajstić information content (AvgIpc) is 3.20. The van der Waals surface area contributed by atoms with Crippen LogP contribution in [0.3, 0.4) is 0 Å². The van der Waals surface area contributed by atoms with Crippen molar-refractivity contribution in [2.45, 2.75) is 31.2 Å². The van der Waals surface area contributed by atoms with E-state index in [9.17, 15) is 14.4 Å². The Balaban J connectivity index is 1.68. The number of hydrogen-bond acceptors (Lipinski definition) is 7. The Morgan fingerprint density at radius 1 is 1.23 bits per heavy atom. The van der Waals surface area contributed by atoms with Gasteiger partial charge in [0, 0.05) is 12.5 Å². The fourth-order valence-electron chi connectivity index (χ4n) is 4.51. The number of esters is 2. The molecule has 0 unspecified atom stereocenters. The first-order chi connectivity index (χ1) is 15.0. The van der Waals surface area contributed by atoms with E-state index < -0.39 is 42.1 Å². The molecular weight excluding hydrogens is 398 g/mol. The lowest BCUT2D eigenvalue weighted by atomic mass is 9.79. The van der Waals surface area contributed by atoms with E-state index in [0.29, 0.717) is 6.42 Å². The van der Waals surface area contributed by atoms with E-state index in [1.807, 2.05) is 42.5 Å². The van der Waals surface area contributed by atoms with E-state index in [1.165, 1.54) is 7.11 Å². The van der Waals surface area contributed by atoms with Gasteiger partial charge in [0.25, 0.3) is 0 Å². The summed E-state index contributed by atoms with van der Waals surface area (Å²) in [5, 5.41) is 5.37. The van der Waals surface area contributed by atoms with Gasteiger partial charge in [-0.05, 0) is 28.8 Å². The van der Waals surface area contributed by atoms with Gasteiger partial charge in [-0.1, -0.05) is 42.5 Å². The molecule has 162 valence electrons. The maximum absolute atomic E-state index is 12.9. The number of Topliss-reactive ketones (excluding diaryl/α,β-unsaturated/α-hetero) is 1. The van der Waals surface area contributed by atoms with Gasteiger partial charge in [-0.25, -0.2) is 0 Å². The number of methoxy groups -OCH3 is 1. The predicted octanol–water partition coefficient (Wildman–Crippen LogP) is 2.69. The van der Waals surface area contributed by atoms with Crippen LogP contribution in [0.15, 0.2) is 55.1 Å². The molecular formula is C24H25NO6. The minimum Gasteiger partial charge on any atom is -0.468 e. The van der Waals surface area contributed by atoms with E-state index in [1.54, 1.807) is 6.08 Å². The highest BCUT2D eigenvalue weighted by molar-refractivity contribution is 5.88. The molecule has 2 aliphatic heterocycles. The quantitative estimate of drug-likeness (QED) is 0.564. The Kier molecular flexibility index (Phi) is 6.15. The molecule has 5 atom stereocenters. The molecule has 2 heterocycles. The van der Waals surface area contributed by atoms with Crippen molar-refractivity contribution in [2.24, 2.45) is 11.8 Å². The van der Waals surface area contributed by atoms with Crippen LogP contribution in [0.1, 0.15) is 24.4 Å². The molecule has 0 aliphatic carbocycles. The molecule has 0 saturated carbocycles. The molecule has 2 aromatic carbocycles. The predicted molar refractivity (Wildman–Crippen MR) is 113 cm³/mol. The number of carbonyl (C=O) groups is 3. The van der Waals surface area contributed by atoms with Gasteiger partial charge < -0.3 is 14.2 Å². The summed E-state index contributed by atoms with van der Waals surface area (Å²) in [7, 11) is 1.29. The van der Waals surface area contributed by atoms with Crippen molar-refractivity contribution in [1.82, 2.24) is 5.32 Å². The van der Waals surface area contributed by atoms with E-state index >= 15 is 0 Å². The van der Waals surface area contributed by atoms with Gasteiger partial charge in [0.15, 0.2) is 5.78 Å². The maximum Gasteiger partial charge on any atom is 0.323 e. The summed E-state index contributed by atoms with van der Waals surface area (Å²) in [4.78, 5) is 37.7. The van der Waals surface area contributed by atoms with Crippen LogP contribution in [-0.4, -0.2) is 43.8 Å². The molecule has 7 heteroatoms. The molecule has 2 saturated heterocycles. The van der Waals surface area contributed by atoms with Gasteiger partial charge in [-0.2, -0.15) is 0 Å². The van der Waals surface area contributed by atoms with Crippen molar-refractivity contribution in [2.75, 3.05) is 13.7 Å². The summed E-state index contributed by atoms with van der Waals surface area (Å²) < 4.78 is 16.1. The lowest BCUT2D eigenvalue weighted by molar-refractivity contribution is -0.211. The molecule has 4 rings (SSSR count). The zero-order valence-corrected chi connectivity index (χ0v) is 17.3. The number of ether oxygens (including phenoxy) is 3. The molecule has 0 radical (unpaired) electrons. The largest absolute Gasteiger partial charge is 0.468 e. The van der Waals surface area contributed by atoms with E-state index in [-0.39, 0.29) is 18.8 Å². The van der Waals surface area contributed by atoms with Gasteiger partial charge in [-0.15, -0.1) is 6.58 Å². The van der Waals surface area contributed by atoms with Crippen LogP contribution < -0.4 is 5.32 Å². The Morgan fingerprint density at radius 3 is 2.74 bits per heavy atom. The highest BCUT2D eigenvalue weighted by Gasteiger charge is 2.57. The lowest BCUT2D eigenvalue weighted by Gasteiger charge is -2.34. The fourth-order valence-corrected chi connectivity index (χ4v) is 4.51. The zero-order valence-electron chi connectivity index (χ0n) is 17.3. The topological polar surface area (TPSA) is 90.9 Å². The number of fused-ring (bicyclic) bond motifs is 2. The van der Waals surface area contributed by atoms with Crippen LogP contribution in [0.5, 0.6) is 0 Å². The monoisotopic (exact) mass is 423 g/mol. The molecule has 0 bridgehead atoms. The minimum absolute atomic E-state index is 0.138. The molecule has 2 fully saturated rings. The van der Waals surface area contributed by atoms with Crippen molar-refractivity contribution in [1.29, 1.82) is 0 Å². The summed E-state index contributed by atoms with van der Waals surface area (Å²) in [5.41, 5.74) is 0.882. The van der Waals surface area contributed by atoms with Gasteiger partial charge in [0.2, 0.25) is 6.29 Å². The number of rotatable bonds is 6. The van der Waals surface area contributed by atoms with Gasteiger partial charge >= 0.3 is 11.9 Å². The zero-order chi connectivity index (χ0) is 22.0. The van der Waals surface area contributed by atoms with Gasteiger partial charge in [0.1, 0.15) is 12.6 Å². The number of nitrogens with one attached hydrogen (secondary N) is 1. The van der Waals surface area contributed by atoms with Crippen LogP contribution in [0.4, 0.5) is 0 Å². The second-order valence-electron chi connectivity index (χ2n) is 7.82. The Labute approximate surface area is 180 Å². The lowest BCUT2D eigenvalue weighted by Crippen LogP contribution is -2.49. The molecule has 0 amide bonds. The second-order valence-corrected chi connectivity index (χ2v) is 7.82. The SMILES string of the molecule is C=CCCC(=O)O[C@H]1OCC(=O)[C@H]2[C@@H]1[C@@H](C(=O)OC)N[C@H]2c1ccc2ccccc2c1. The number of allylic oxidation sites excluding steroid dienone is 1. The average molecular weight is 423 g/mol. The third kappa shape index (κ3) is 4.11. The van der Waals surface area contributed by atoms with Crippen LogP contribution in [-0.2, 0) is 28.6 Å². The van der Waals surface area contributed by atoms with Crippen LogP contribution in [0.25, 0.3) is 10.8 Å². The molecule has 1 N–H and O–H groups in total. The van der Waals surface area contributed by atoms with E-state index in [2.05, 4.69) is 11.9 Å². The van der Waals surface area contributed by atoms with Gasteiger partial charge in [-0.3, -0.25) is 19.7 Å². The smallest absolute Gasteiger partial charge is 0.323 e. The third-order valence-electron chi connectivity index (χ3n) is 5.98. The number of carbonyl (C=O) groups excluding carboxylic acids is 3. The number of ketones is 1. The third-order valence-corrected chi connectivity index (χ3v) is 5.98. The first kappa shape index (κ1) is 21.2. The Bertz CT molecular complexity index is 1020. The van der Waals surface area contributed by atoms with E-state index in [4.69, 9.17) is 14.2 Å². The standard InChI is InChI=1S/C24H25NO6/c1-3-4-9-18(27)31-24-20-19(17(26)13-30-24)21(25-22(20)23(28)29-2)16-11-10-14-7-5-6-8-15(14)12-16/h3,5-8,10-12,19-22,24-25H,1,4,9,13H2,2H3/t19-,20+,21-,22-,24+/m0/s1. The molecule has 2 aromatic rings. The normalized spacial score (nSPS) is 27.5. The molecule has 0 spiro atoms. The molecule has 7 nitrogen and oxygen atoms in total. The molecule has 31 heavy (non-hydrogen) atoms. The first-order valence-corrected chi connectivity index (χ1v) is 10.3. The second kappa shape index (κ2) is 8.99. The number of hydrogen-bond donors (Lipinski definition) is 1. The summed E-state index contributed by atoms with van der Waals surface area (Å²) in [6, 6.07) is 12.6. The Morgan fingerprint density at radius 2 is 2.00 bits per heavy atom. The summed E-state index contributed by atoms with van der Waals surface area (Å²) in [6.45, 7) is 3.42. The highest BCUT2D eigenvalue weighted by atomic mass is 16.7. The van der Waals surface area contributed by atoms with Crippen molar-refractivity contribution in [3.05, 3.63) is 60.7 Å². The van der Waals surface area contributed by atoms with E-state index in [0.717, 1.165) is 16.3 Å². The van der Waals surface area contributed by atoms with Crippen molar-refractivity contribution in [3.8, 4) is 0 Å². The fraction of sp³-hybridized carbons (Fsp3) is 0.375.